The Kier molecular flexibility index (Phi) is 6.26. The highest BCUT2D eigenvalue weighted by molar-refractivity contribution is 5.94. The number of unbranched alkanes of at least 4 members (excludes halogenated alkanes) is 1. The number of rotatable bonds is 5. The predicted octanol–water partition coefficient (Wildman–Crippen LogP) is 2.57. The summed E-state index contributed by atoms with van der Waals surface area (Å²) in [6.07, 6.45) is 8.27. The molecule has 1 aliphatic carbocycles. The molecule has 1 aromatic heterocycles. The van der Waals surface area contributed by atoms with Crippen LogP contribution in [0.4, 0.5) is 0 Å². The molecule has 3 N–H and O–H groups in total. The molecule has 1 amide bonds. The lowest BCUT2D eigenvalue weighted by Crippen LogP contribution is -2.38. The van der Waals surface area contributed by atoms with Gasteiger partial charge in [-0.25, -0.2) is 0 Å². The number of amides is 1. The number of H-pyrrole nitrogens is 1. The summed E-state index contributed by atoms with van der Waals surface area (Å²) in [6.45, 7) is 3.93. The second-order valence-corrected chi connectivity index (χ2v) is 6.37. The van der Waals surface area contributed by atoms with Crippen molar-refractivity contribution in [2.24, 2.45) is 5.92 Å². The largest absolute Gasteiger partial charge is 0.348 e. The summed E-state index contributed by atoms with van der Waals surface area (Å²) in [5.41, 5.74) is 2.77. The van der Waals surface area contributed by atoms with Crippen molar-refractivity contribution in [1.82, 2.24) is 20.8 Å². The van der Waals surface area contributed by atoms with Gasteiger partial charge in [-0.1, -0.05) is 26.2 Å². The van der Waals surface area contributed by atoms with Crippen LogP contribution in [0.15, 0.2) is 0 Å². The van der Waals surface area contributed by atoms with E-state index >= 15 is 0 Å². The summed E-state index contributed by atoms with van der Waals surface area (Å²) >= 11 is 0. The maximum Gasteiger partial charge on any atom is 0.272 e. The first-order valence-electron chi connectivity index (χ1n) is 8.37. The van der Waals surface area contributed by atoms with Crippen LogP contribution in [-0.2, 0) is 13.0 Å². The lowest BCUT2D eigenvalue weighted by Gasteiger charge is -2.21. The van der Waals surface area contributed by atoms with E-state index in [1.54, 1.807) is 0 Å². The Morgan fingerprint density at radius 2 is 2.27 bits per heavy atom. The van der Waals surface area contributed by atoms with E-state index in [0.717, 1.165) is 37.2 Å². The van der Waals surface area contributed by atoms with Gasteiger partial charge in [0.25, 0.3) is 5.91 Å². The maximum absolute atomic E-state index is 12.5. The fraction of sp³-hybridized carbons (Fsp3) is 0.750. The van der Waals surface area contributed by atoms with E-state index in [9.17, 15) is 4.79 Å². The molecular weight excluding hydrogens is 300 g/mol. The molecule has 2 aliphatic rings. The van der Waals surface area contributed by atoms with E-state index in [4.69, 9.17) is 0 Å². The summed E-state index contributed by atoms with van der Waals surface area (Å²) in [7, 11) is 0. The molecule has 0 bridgehead atoms. The van der Waals surface area contributed by atoms with E-state index in [1.807, 2.05) is 0 Å². The van der Waals surface area contributed by atoms with Gasteiger partial charge in [0.05, 0.1) is 0 Å². The number of carbonyl (C=O) groups is 1. The number of carbonyl (C=O) groups excluding carboxylic acids is 1. The average molecular weight is 327 g/mol. The van der Waals surface area contributed by atoms with E-state index in [-0.39, 0.29) is 18.3 Å². The van der Waals surface area contributed by atoms with Crippen molar-refractivity contribution in [3.05, 3.63) is 17.0 Å². The number of nitrogens with zero attached hydrogens (tertiary/aromatic N) is 1. The van der Waals surface area contributed by atoms with Crippen LogP contribution >= 0.6 is 12.4 Å². The molecular formula is C16H27ClN4O. The molecule has 124 valence electrons. The molecule has 6 heteroatoms. The van der Waals surface area contributed by atoms with Crippen LogP contribution in [0, 0.1) is 5.92 Å². The average Bonchev–Trinajstić information content (AvgIpc) is 3.11. The van der Waals surface area contributed by atoms with Crippen molar-refractivity contribution in [2.45, 2.75) is 64.5 Å². The number of nitrogens with one attached hydrogen (secondary N) is 3. The zero-order valence-electron chi connectivity index (χ0n) is 13.3. The second kappa shape index (κ2) is 7.97. The molecule has 1 saturated carbocycles. The number of aromatic amines is 1. The van der Waals surface area contributed by atoms with Crippen LogP contribution < -0.4 is 10.6 Å². The minimum Gasteiger partial charge on any atom is -0.348 e. The lowest BCUT2D eigenvalue weighted by atomic mass is 9.96. The zero-order chi connectivity index (χ0) is 14.7. The monoisotopic (exact) mass is 326 g/mol. The first kappa shape index (κ1) is 17.3. The lowest BCUT2D eigenvalue weighted by molar-refractivity contribution is 0.0920. The van der Waals surface area contributed by atoms with Crippen LogP contribution in [-0.4, -0.2) is 28.7 Å². The smallest absolute Gasteiger partial charge is 0.272 e. The fourth-order valence-electron chi connectivity index (χ4n) is 3.69. The normalized spacial score (nSPS) is 23.7. The van der Waals surface area contributed by atoms with Gasteiger partial charge in [-0.3, -0.25) is 9.89 Å². The molecule has 22 heavy (non-hydrogen) atoms. The maximum atomic E-state index is 12.5. The SMILES string of the molecule is CCCCC1CCCC1NC(=O)c1n[nH]c2c1CNCC2.Cl. The van der Waals surface area contributed by atoms with E-state index < -0.39 is 0 Å². The standard InChI is InChI=1S/C16H26N4O.ClH/c1-2-3-5-11-6-4-7-13(11)18-16(21)15-12-10-17-9-8-14(12)19-20-15;/h11,13,17H,2-10H2,1H3,(H,18,21)(H,19,20);1H. The first-order valence-corrected chi connectivity index (χ1v) is 8.37. The molecule has 3 rings (SSSR count). The van der Waals surface area contributed by atoms with Gasteiger partial charge in [0.15, 0.2) is 5.69 Å². The third kappa shape index (κ3) is 3.63. The molecule has 1 aliphatic heterocycles. The summed E-state index contributed by atoms with van der Waals surface area (Å²) < 4.78 is 0. The highest BCUT2D eigenvalue weighted by Gasteiger charge is 2.30. The summed E-state index contributed by atoms with van der Waals surface area (Å²) in [4.78, 5) is 12.5. The summed E-state index contributed by atoms with van der Waals surface area (Å²) in [6, 6.07) is 0.341. The van der Waals surface area contributed by atoms with Gasteiger partial charge in [0.1, 0.15) is 0 Å². The molecule has 2 atom stereocenters. The van der Waals surface area contributed by atoms with Crippen LogP contribution in [0.5, 0.6) is 0 Å². The Morgan fingerprint density at radius 3 is 3.09 bits per heavy atom. The summed E-state index contributed by atoms with van der Waals surface area (Å²) in [5.74, 6) is 0.659. The van der Waals surface area contributed by atoms with Crippen LogP contribution in [0.1, 0.15) is 67.2 Å². The van der Waals surface area contributed by atoms with E-state index in [0.29, 0.717) is 17.7 Å². The Labute approximate surface area is 138 Å². The van der Waals surface area contributed by atoms with E-state index in [2.05, 4.69) is 27.8 Å². The molecule has 0 spiro atoms. The molecule has 0 radical (unpaired) electrons. The first-order chi connectivity index (χ1) is 10.3. The van der Waals surface area contributed by atoms with Gasteiger partial charge in [-0.2, -0.15) is 5.10 Å². The highest BCUT2D eigenvalue weighted by atomic mass is 35.5. The molecule has 0 saturated heterocycles. The Hall–Kier alpha value is -1.07. The number of fused-ring (bicyclic) bond motifs is 1. The third-order valence-electron chi connectivity index (χ3n) is 4.93. The van der Waals surface area contributed by atoms with Crippen LogP contribution in [0.25, 0.3) is 0 Å². The molecule has 2 heterocycles. The molecule has 0 aromatic carbocycles. The van der Waals surface area contributed by atoms with Crippen molar-refractivity contribution >= 4 is 18.3 Å². The van der Waals surface area contributed by atoms with Crippen molar-refractivity contribution in [3.8, 4) is 0 Å². The number of hydrogen-bond donors (Lipinski definition) is 3. The van der Waals surface area contributed by atoms with Crippen molar-refractivity contribution in [2.75, 3.05) is 6.54 Å². The van der Waals surface area contributed by atoms with Gasteiger partial charge in [-0.05, 0) is 25.2 Å². The minimum atomic E-state index is 0. The van der Waals surface area contributed by atoms with Gasteiger partial charge in [-0.15, -0.1) is 12.4 Å². The second-order valence-electron chi connectivity index (χ2n) is 6.37. The Bertz CT molecular complexity index is 502. The number of halogens is 1. The van der Waals surface area contributed by atoms with Crippen molar-refractivity contribution in [1.29, 1.82) is 0 Å². The summed E-state index contributed by atoms with van der Waals surface area (Å²) in [5, 5.41) is 13.8. The van der Waals surface area contributed by atoms with Crippen LogP contribution in [0.3, 0.4) is 0 Å². The quantitative estimate of drug-likeness (QED) is 0.779. The minimum absolute atomic E-state index is 0. The van der Waals surface area contributed by atoms with Crippen molar-refractivity contribution in [3.63, 3.8) is 0 Å². The van der Waals surface area contributed by atoms with Crippen LogP contribution in [0.2, 0.25) is 0 Å². The highest BCUT2D eigenvalue weighted by Crippen LogP contribution is 2.30. The molecule has 1 fully saturated rings. The van der Waals surface area contributed by atoms with Gasteiger partial charge >= 0.3 is 0 Å². The number of aromatic nitrogens is 2. The molecule has 1 aromatic rings. The number of hydrogen-bond acceptors (Lipinski definition) is 3. The predicted molar refractivity (Wildman–Crippen MR) is 89.4 cm³/mol. The Morgan fingerprint density at radius 1 is 1.41 bits per heavy atom. The van der Waals surface area contributed by atoms with Gasteiger partial charge in [0, 0.05) is 36.8 Å². The Balaban J connectivity index is 0.00000176. The fourth-order valence-corrected chi connectivity index (χ4v) is 3.69. The van der Waals surface area contributed by atoms with E-state index in [1.165, 1.54) is 32.1 Å². The molecule has 5 nitrogen and oxygen atoms in total. The van der Waals surface area contributed by atoms with Crippen molar-refractivity contribution < 1.29 is 4.79 Å². The molecule has 2 unspecified atom stereocenters. The zero-order valence-corrected chi connectivity index (χ0v) is 14.1. The topological polar surface area (TPSA) is 69.8 Å². The van der Waals surface area contributed by atoms with Gasteiger partial charge < -0.3 is 10.6 Å². The third-order valence-corrected chi connectivity index (χ3v) is 4.93. The van der Waals surface area contributed by atoms with Gasteiger partial charge in [0.2, 0.25) is 0 Å².